The topological polar surface area (TPSA) is 58.6 Å². The van der Waals surface area contributed by atoms with Gasteiger partial charge in [0, 0.05) is 11.8 Å². The number of amides is 1. The van der Waals surface area contributed by atoms with Crippen LogP contribution in [0, 0.1) is 6.92 Å². The van der Waals surface area contributed by atoms with Crippen molar-refractivity contribution in [3.05, 3.63) is 65.4 Å². The molecule has 0 saturated heterocycles. The van der Waals surface area contributed by atoms with Crippen molar-refractivity contribution in [1.29, 1.82) is 0 Å². The maximum Gasteiger partial charge on any atom is 0.259 e. The number of nitrogens with one attached hydrogen (secondary N) is 1. The van der Waals surface area contributed by atoms with Crippen molar-refractivity contribution in [2.45, 2.75) is 13.8 Å². The van der Waals surface area contributed by atoms with Crippen LogP contribution in [0.3, 0.4) is 0 Å². The highest BCUT2D eigenvalue weighted by Crippen LogP contribution is 2.22. The van der Waals surface area contributed by atoms with Crippen molar-refractivity contribution in [2.24, 2.45) is 0 Å². The predicted molar refractivity (Wildman–Crippen MR) is 88.0 cm³/mol. The SMILES string of the molecule is COc1cccc(NC(=O)/C(=C(/C)O)c2ccc(C)cc2)c1. The zero-order valence-corrected chi connectivity index (χ0v) is 12.9. The summed E-state index contributed by atoms with van der Waals surface area (Å²) >= 11 is 0. The zero-order chi connectivity index (χ0) is 16.1. The first-order valence-corrected chi connectivity index (χ1v) is 6.93. The number of carbonyl (C=O) groups excluding carboxylic acids is 1. The lowest BCUT2D eigenvalue weighted by atomic mass is 10.0. The maximum absolute atomic E-state index is 12.5. The summed E-state index contributed by atoms with van der Waals surface area (Å²) in [6.07, 6.45) is 0. The summed E-state index contributed by atoms with van der Waals surface area (Å²) in [5.41, 5.74) is 2.62. The van der Waals surface area contributed by atoms with Gasteiger partial charge < -0.3 is 15.2 Å². The minimum atomic E-state index is -0.364. The van der Waals surface area contributed by atoms with E-state index in [2.05, 4.69) is 5.32 Å². The summed E-state index contributed by atoms with van der Waals surface area (Å²) in [5, 5.41) is 12.7. The van der Waals surface area contributed by atoms with E-state index in [1.807, 2.05) is 31.2 Å². The monoisotopic (exact) mass is 297 g/mol. The summed E-state index contributed by atoms with van der Waals surface area (Å²) in [5.74, 6) is 0.265. The van der Waals surface area contributed by atoms with E-state index in [1.54, 1.807) is 31.4 Å². The van der Waals surface area contributed by atoms with Gasteiger partial charge in [0.05, 0.1) is 12.7 Å². The van der Waals surface area contributed by atoms with Crippen LogP contribution >= 0.6 is 0 Å². The number of carbonyl (C=O) groups is 1. The van der Waals surface area contributed by atoms with Crippen LogP contribution in [0.25, 0.3) is 5.57 Å². The van der Waals surface area contributed by atoms with Crippen LogP contribution < -0.4 is 10.1 Å². The highest BCUT2D eigenvalue weighted by molar-refractivity contribution is 6.25. The Bertz CT molecular complexity index is 699. The van der Waals surface area contributed by atoms with E-state index in [-0.39, 0.29) is 17.2 Å². The molecule has 0 atom stereocenters. The van der Waals surface area contributed by atoms with Crippen molar-refractivity contribution in [3.8, 4) is 5.75 Å². The largest absolute Gasteiger partial charge is 0.512 e. The Balaban J connectivity index is 2.28. The Morgan fingerprint density at radius 3 is 2.41 bits per heavy atom. The lowest BCUT2D eigenvalue weighted by Crippen LogP contribution is -2.15. The molecule has 0 aromatic heterocycles. The van der Waals surface area contributed by atoms with Gasteiger partial charge in [-0.3, -0.25) is 4.79 Å². The fraction of sp³-hybridized carbons (Fsp3) is 0.167. The lowest BCUT2D eigenvalue weighted by Gasteiger charge is -2.11. The van der Waals surface area contributed by atoms with E-state index in [9.17, 15) is 9.90 Å². The normalized spacial score (nSPS) is 11.6. The van der Waals surface area contributed by atoms with Gasteiger partial charge in [-0.05, 0) is 31.5 Å². The molecule has 0 bridgehead atoms. The molecule has 0 aliphatic rings. The van der Waals surface area contributed by atoms with Crippen LogP contribution in [0.5, 0.6) is 5.75 Å². The molecule has 0 heterocycles. The number of ether oxygens (including phenoxy) is 1. The van der Waals surface area contributed by atoms with E-state index in [0.29, 0.717) is 17.0 Å². The first-order chi connectivity index (χ1) is 10.5. The number of hydrogen-bond acceptors (Lipinski definition) is 3. The summed E-state index contributed by atoms with van der Waals surface area (Å²) in [6, 6.07) is 14.5. The molecule has 2 aromatic carbocycles. The number of anilines is 1. The molecular formula is C18H19NO3. The van der Waals surface area contributed by atoms with E-state index < -0.39 is 0 Å². The summed E-state index contributed by atoms with van der Waals surface area (Å²) in [7, 11) is 1.57. The number of methoxy groups -OCH3 is 1. The molecule has 0 fully saturated rings. The van der Waals surface area contributed by atoms with E-state index in [0.717, 1.165) is 5.56 Å². The van der Waals surface area contributed by atoms with Gasteiger partial charge >= 0.3 is 0 Å². The molecule has 114 valence electrons. The van der Waals surface area contributed by atoms with Crippen LogP contribution in [0.2, 0.25) is 0 Å². The van der Waals surface area contributed by atoms with Gasteiger partial charge in [0.2, 0.25) is 0 Å². The second-order valence-electron chi connectivity index (χ2n) is 5.01. The number of aliphatic hydroxyl groups excluding tert-OH is 1. The van der Waals surface area contributed by atoms with Gasteiger partial charge in [-0.25, -0.2) is 0 Å². The number of aryl methyl sites for hydroxylation is 1. The quantitative estimate of drug-likeness (QED) is 0.664. The number of allylic oxidation sites excluding steroid dienone is 1. The number of aliphatic hydroxyl groups is 1. The summed E-state index contributed by atoms with van der Waals surface area (Å²) in [4.78, 5) is 12.5. The third-order valence-corrected chi connectivity index (χ3v) is 3.26. The standard InChI is InChI=1S/C18H19NO3/c1-12-7-9-14(10-8-12)17(13(2)20)18(21)19-15-5-4-6-16(11-15)22-3/h4-11,20H,1-3H3,(H,19,21)/b17-13-. The highest BCUT2D eigenvalue weighted by atomic mass is 16.5. The van der Waals surface area contributed by atoms with Crippen LogP contribution in [-0.2, 0) is 4.79 Å². The van der Waals surface area contributed by atoms with Crippen LogP contribution in [0.1, 0.15) is 18.1 Å². The van der Waals surface area contributed by atoms with Gasteiger partial charge in [0.1, 0.15) is 11.5 Å². The molecule has 2 rings (SSSR count). The average molecular weight is 297 g/mol. The minimum Gasteiger partial charge on any atom is -0.512 e. The Kier molecular flexibility index (Phi) is 4.84. The third-order valence-electron chi connectivity index (χ3n) is 3.26. The van der Waals surface area contributed by atoms with Crippen LogP contribution in [0.15, 0.2) is 54.3 Å². The molecule has 0 aliphatic carbocycles. The zero-order valence-electron chi connectivity index (χ0n) is 12.9. The van der Waals surface area contributed by atoms with E-state index in [1.165, 1.54) is 6.92 Å². The van der Waals surface area contributed by atoms with E-state index in [4.69, 9.17) is 4.74 Å². The van der Waals surface area contributed by atoms with Crippen molar-refractivity contribution in [3.63, 3.8) is 0 Å². The van der Waals surface area contributed by atoms with Crippen LogP contribution in [0.4, 0.5) is 5.69 Å². The van der Waals surface area contributed by atoms with E-state index >= 15 is 0 Å². The molecule has 0 aliphatic heterocycles. The van der Waals surface area contributed by atoms with Crippen molar-refractivity contribution < 1.29 is 14.6 Å². The van der Waals surface area contributed by atoms with Gasteiger partial charge in [-0.1, -0.05) is 35.9 Å². The van der Waals surface area contributed by atoms with Gasteiger partial charge in [-0.2, -0.15) is 0 Å². The van der Waals surface area contributed by atoms with Crippen molar-refractivity contribution in [2.75, 3.05) is 12.4 Å². The molecule has 0 unspecified atom stereocenters. The second kappa shape index (κ2) is 6.80. The van der Waals surface area contributed by atoms with Gasteiger partial charge in [-0.15, -0.1) is 0 Å². The summed E-state index contributed by atoms with van der Waals surface area (Å²) < 4.78 is 5.13. The lowest BCUT2D eigenvalue weighted by molar-refractivity contribution is -0.111. The fourth-order valence-electron chi connectivity index (χ4n) is 2.12. The molecule has 0 saturated carbocycles. The molecule has 22 heavy (non-hydrogen) atoms. The van der Waals surface area contributed by atoms with Crippen molar-refractivity contribution >= 4 is 17.2 Å². The smallest absolute Gasteiger partial charge is 0.259 e. The first kappa shape index (κ1) is 15.6. The Hall–Kier alpha value is -2.75. The number of rotatable bonds is 4. The molecule has 0 spiro atoms. The molecule has 0 radical (unpaired) electrons. The maximum atomic E-state index is 12.5. The highest BCUT2D eigenvalue weighted by Gasteiger charge is 2.16. The molecule has 2 aromatic rings. The minimum absolute atomic E-state index is 0.0238. The number of hydrogen-bond donors (Lipinski definition) is 2. The molecule has 1 amide bonds. The Morgan fingerprint density at radius 1 is 1.14 bits per heavy atom. The summed E-state index contributed by atoms with van der Waals surface area (Å²) in [6.45, 7) is 3.47. The molecule has 2 N–H and O–H groups in total. The fourth-order valence-corrected chi connectivity index (χ4v) is 2.12. The predicted octanol–water partition coefficient (Wildman–Crippen LogP) is 3.93. The van der Waals surface area contributed by atoms with Crippen molar-refractivity contribution in [1.82, 2.24) is 0 Å². The average Bonchev–Trinajstić information content (AvgIpc) is 2.49. The molecule has 4 nitrogen and oxygen atoms in total. The third kappa shape index (κ3) is 3.67. The Morgan fingerprint density at radius 2 is 1.82 bits per heavy atom. The van der Waals surface area contributed by atoms with Gasteiger partial charge in [0.15, 0.2) is 0 Å². The number of benzene rings is 2. The Labute approximate surface area is 130 Å². The van der Waals surface area contributed by atoms with Gasteiger partial charge in [0.25, 0.3) is 5.91 Å². The second-order valence-corrected chi connectivity index (χ2v) is 5.01. The molecule has 4 heteroatoms. The first-order valence-electron chi connectivity index (χ1n) is 6.93. The van der Waals surface area contributed by atoms with Crippen LogP contribution in [-0.4, -0.2) is 18.1 Å². The molecular weight excluding hydrogens is 278 g/mol.